The molecule has 2 aliphatic rings. The van der Waals surface area contributed by atoms with Crippen molar-refractivity contribution in [2.75, 3.05) is 9.96 Å². The van der Waals surface area contributed by atoms with E-state index in [0.717, 1.165) is 21.3 Å². The highest BCUT2D eigenvalue weighted by molar-refractivity contribution is 9.10. The molecule has 3 aromatic rings. The third kappa shape index (κ3) is 3.04. The van der Waals surface area contributed by atoms with Crippen molar-refractivity contribution in [1.82, 2.24) is 0 Å². The molecule has 2 aliphatic heterocycles. The molecule has 30 heavy (non-hydrogen) atoms. The van der Waals surface area contributed by atoms with Crippen LogP contribution in [0.2, 0.25) is 0 Å². The molecule has 0 spiro atoms. The Morgan fingerprint density at radius 3 is 2.30 bits per heavy atom. The number of carbonyl (C=O) groups excluding carboxylic acids is 2. The van der Waals surface area contributed by atoms with Gasteiger partial charge < -0.3 is 0 Å². The monoisotopic (exact) mass is 462 g/mol. The Hall–Kier alpha value is -2.96. The van der Waals surface area contributed by atoms with Crippen LogP contribution in [-0.2, 0) is 14.4 Å². The molecular formula is C24H19BrN2O3. The molecule has 2 amide bonds. The first-order valence-electron chi connectivity index (χ1n) is 9.75. The quantitative estimate of drug-likeness (QED) is 0.524. The summed E-state index contributed by atoms with van der Waals surface area (Å²) in [5.41, 5.74) is 3.29. The van der Waals surface area contributed by atoms with Crippen molar-refractivity contribution >= 4 is 39.1 Å². The number of rotatable bonds is 3. The lowest BCUT2D eigenvalue weighted by Crippen LogP contribution is -2.37. The van der Waals surface area contributed by atoms with Gasteiger partial charge in [-0.2, -0.15) is 0 Å². The van der Waals surface area contributed by atoms with E-state index in [1.165, 1.54) is 4.90 Å². The summed E-state index contributed by atoms with van der Waals surface area (Å²) in [4.78, 5) is 34.2. The van der Waals surface area contributed by atoms with Gasteiger partial charge in [0.05, 0.1) is 17.4 Å². The van der Waals surface area contributed by atoms with E-state index in [-0.39, 0.29) is 11.8 Å². The molecule has 0 N–H and O–H groups in total. The summed E-state index contributed by atoms with van der Waals surface area (Å²) in [5, 5.41) is 1.71. The van der Waals surface area contributed by atoms with Crippen LogP contribution in [0.4, 0.5) is 11.4 Å². The van der Waals surface area contributed by atoms with Crippen LogP contribution in [0.25, 0.3) is 0 Å². The number of fused-ring (bicyclic) bond motifs is 1. The summed E-state index contributed by atoms with van der Waals surface area (Å²) in [6.45, 7) is 1.94. The van der Waals surface area contributed by atoms with Crippen molar-refractivity contribution in [2.24, 2.45) is 5.92 Å². The zero-order chi connectivity index (χ0) is 20.8. The second kappa shape index (κ2) is 7.38. The number of imide groups is 1. The van der Waals surface area contributed by atoms with Gasteiger partial charge in [-0.25, -0.2) is 9.96 Å². The number of amides is 2. The van der Waals surface area contributed by atoms with E-state index < -0.39 is 18.1 Å². The molecule has 5 nitrogen and oxygen atoms in total. The molecule has 2 fully saturated rings. The molecule has 3 atom stereocenters. The van der Waals surface area contributed by atoms with E-state index >= 15 is 0 Å². The van der Waals surface area contributed by atoms with Gasteiger partial charge in [0.25, 0.3) is 5.91 Å². The van der Waals surface area contributed by atoms with E-state index in [4.69, 9.17) is 4.84 Å². The zero-order valence-electron chi connectivity index (χ0n) is 16.2. The Labute approximate surface area is 183 Å². The van der Waals surface area contributed by atoms with Crippen LogP contribution in [0.5, 0.6) is 0 Å². The van der Waals surface area contributed by atoms with Gasteiger partial charge >= 0.3 is 0 Å². The van der Waals surface area contributed by atoms with Crippen molar-refractivity contribution < 1.29 is 14.4 Å². The fourth-order valence-corrected chi connectivity index (χ4v) is 4.68. The highest BCUT2D eigenvalue weighted by atomic mass is 79.9. The van der Waals surface area contributed by atoms with Crippen molar-refractivity contribution in [2.45, 2.75) is 19.1 Å². The maximum absolute atomic E-state index is 13.5. The number of hydrogen-bond donors (Lipinski definition) is 0. The molecule has 150 valence electrons. The number of halogens is 1. The third-order valence-corrected chi connectivity index (χ3v) is 6.07. The van der Waals surface area contributed by atoms with E-state index in [1.807, 2.05) is 79.7 Å². The van der Waals surface area contributed by atoms with Gasteiger partial charge in [-0.05, 0) is 54.4 Å². The minimum atomic E-state index is -0.859. The molecule has 3 aromatic carbocycles. The average molecular weight is 463 g/mol. The lowest BCUT2D eigenvalue weighted by Gasteiger charge is -2.29. The van der Waals surface area contributed by atoms with Crippen LogP contribution in [-0.4, -0.2) is 17.9 Å². The molecule has 2 saturated heterocycles. The molecule has 2 heterocycles. The van der Waals surface area contributed by atoms with E-state index in [9.17, 15) is 9.59 Å². The molecule has 0 radical (unpaired) electrons. The highest BCUT2D eigenvalue weighted by Crippen LogP contribution is 2.47. The molecule has 6 heteroatoms. The van der Waals surface area contributed by atoms with Gasteiger partial charge in [0.2, 0.25) is 5.91 Å². The largest absolute Gasteiger partial charge is 0.273 e. The molecule has 5 rings (SSSR count). The van der Waals surface area contributed by atoms with Gasteiger partial charge in [0.1, 0.15) is 5.92 Å². The van der Waals surface area contributed by atoms with Gasteiger partial charge in [-0.15, -0.1) is 0 Å². The van der Waals surface area contributed by atoms with Crippen LogP contribution in [0.3, 0.4) is 0 Å². The summed E-state index contributed by atoms with van der Waals surface area (Å²) in [7, 11) is 0. The number of carbonyl (C=O) groups is 2. The van der Waals surface area contributed by atoms with E-state index in [1.54, 1.807) is 11.1 Å². The number of anilines is 2. The molecule has 0 aliphatic carbocycles. The Bertz CT molecular complexity index is 1130. The number of benzene rings is 3. The van der Waals surface area contributed by atoms with Gasteiger partial charge in [-0.3, -0.25) is 14.4 Å². The maximum atomic E-state index is 13.5. The molecular weight excluding hydrogens is 444 g/mol. The minimum Gasteiger partial charge on any atom is -0.273 e. The Balaban J connectivity index is 1.60. The Kier molecular flexibility index (Phi) is 4.68. The second-order valence-corrected chi connectivity index (χ2v) is 8.48. The normalized spacial score (nSPS) is 23.2. The van der Waals surface area contributed by atoms with E-state index in [2.05, 4.69) is 15.9 Å². The third-order valence-electron chi connectivity index (χ3n) is 5.58. The summed E-state index contributed by atoms with van der Waals surface area (Å²) in [5.74, 6) is -1.19. The van der Waals surface area contributed by atoms with Crippen LogP contribution in [0, 0.1) is 12.8 Å². The lowest BCUT2D eigenvalue weighted by atomic mass is 9.90. The number of para-hydroxylation sites is 1. The topological polar surface area (TPSA) is 49.9 Å². The number of hydrogen-bond acceptors (Lipinski definition) is 4. The van der Waals surface area contributed by atoms with Gasteiger partial charge in [0, 0.05) is 4.47 Å². The summed E-state index contributed by atoms with van der Waals surface area (Å²) >= 11 is 3.52. The fraction of sp³-hybridized carbons (Fsp3) is 0.167. The molecule has 0 aromatic heterocycles. The Morgan fingerprint density at radius 2 is 1.57 bits per heavy atom. The summed E-state index contributed by atoms with van der Waals surface area (Å²) in [6.07, 6.45) is -0.859. The number of hydroxylamine groups is 1. The van der Waals surface area contributed by atoms with Gasteiger partial charge in [-0.1, -0.05) is 58.4 Å². The minimum absolute atomic E-state index is 0.237. The smallest absolute Gasteiger partial charge is 0.266 e. The predicted molar refractivity (Wildman–Crippen MR) is 118 cm³/mol. The average Bonchev–Trinajstić information content (AvgIpc) is 3.25. The predicted octanol–water partition coefficient (Wildman–Crippen LogP) is 4.81. The van der Waals surface area contributed by atoms with Crippen LogP contribution in [0.1, 0.15) is 17.2 Å². The van der Waals surface area contributed by atoms with Gasteiger partial charge in [0.15, 0.2) is 6.10 Å². The zero-order valence-corrected chi connectivity index (χ0v) is 17.8. The summed E-state index contributed by atoms with van der Waals surface area (Å²) < 4.78 is 0.906. The van der Waals surface area contributed by atoms with Crippen LogP contribution in [0.15, 0.2) is 83.3 Å². The lowest BCUT2D eigenvalue weighted by molar-refractivity contribution is -0.126. The maximum Gasteiger partial charge on any atom is 0.266 e. The van der Waals surface area contributed by atoms with Crippen LogP contribution >= 0.6 is 15.9 Å². The van der Waals surface area contributed by atoms with Crippen molar-refractivity contribution in [1.29, 1.82) is 0 Å². The number of aryl methyl sites for hydroxylation is 1. The van der Waals surface area contributed by atoms with E-state index in [0.29, 0.717) is 5.69 Å². The number of nitrogens with zero attached hydrogens (tertiary/aromatic N) is 2. The first kappa shape index (κ1) is 19.0. The Morgan fingerprint density at radius 1 is 0.833 bits per heavy atom. The van der Waals surface area contributed by atoms with Crippen molar-refractivity contribution in [3.8, 4) is 0 Å². The first-order valence-corrected chi connectivity index (χ1v) is 10.5. The van der Waals surface area contributed by atoms with Crippen LogP contribution < -0.4 is 9.96 Å². The SMILES string of the molecule is Cc1cccc(N2C(=O)[C@@H]3[C@@H](ON(c4ccccc4)[C@H]3c3cccc(Br)c3)C2=O)c1. The summed E-state index contributed by atoms with van der Waals surface area (Å²) in [6, 6.07) is 24.4. The molecule has 0 bridgehead atoms. The molecule has 0 unspecified atom stereocenters. The second-order valence-electron chi connectivity index (χ2n) is 7.56. The van der Waals surface area contributed by atoms with Crippen molar-refractivity contribution in [3.63, 3.8) is 0 Å². The fourth-order valence-electron chi connectivity index (χ4n) is 4.26. The molecule has 0 saturated carbocycles. The van der Waals surface area contributed by atoms with Crippen molar-refractivity contribution in [3.05, 3.63) is 94.5 Å². The highest BCUT2D eigenvalue weighted by Gasteiger charge is 2.60. The standard InChI is InChI=1S/C24H19BrN2O3/c1-15-7-5-12-19(13-15)26-23(28)20-21(16-8-6-9-17(25)14-16)27(30-22(20)24(26)29)18-10-3-2-4-11-18/h2-14,20-22H,1H3/t20-,21-,22+/m0/s1. The first-order chi connectivity index (χ1) is 14.5.